The molecule has 0 saturated heterocycles. The van der Waals surface area contributed by atoms with Crippen molar-refractivity contribution in [3.63, 3.8) is 0 Å². The average molecular weight is 327 g/mol. The van der Waals surface area contributed by atoms with Crippen LogP contribution in [0.25, 0.3) is 0 Å². The topological polar surface area (TPSA) is 38.7 Å². The van der Waals surface area contributed by atoms with Crippen molar-refractivity contribution in [2.45, 2.75) is 54.0 Å². The number of nitrogens with zero attached hydrogens (tertiary/aromatic N) is 1. The average Bonchev–Trinajstić information content (AvgIpc) is 2.47. The molecule has 1 aromatic carbocycles. The van der Waals surface area contributed by atoms with Crippen LogP contribution >= 0.6 is 0 Å². The van der Waals surface area contributed by atoms with E-state index >= 15 is 0 Å². The van der Waals surface area contributed by atoms with Crippen LogP contribution in [0.1, 0.15) is 57.0 Å². The molecule has 0 atom stereocenters. The molecule has 0 radical (unpaired) electrons. The first-order valence-electron chi connectivity index (χ1n) is 8.36. The summed E-state index contributed by atoms with van der Waals surface area (Å²) in [7, 11) is 0. The maximum absolute atomic E-state index is 11.4. The summed E-state index contributed by atoms with van der Waals surface area (Å²) in [6.45, 7) is 16.4. The Hall–Kier alpha value is -2.16. The summed E-state index contributed by atoms with van der Waals surface area (Å²) in [5.41, 5.74) is 4.82. The molecule has 1 rings (SSSR count). The van der Waals surface area contributed by atoms with Crippen molar-refractivity contribution in [2.24, 2.45) is 4.99 Å². The van der Waals surface area contributed by atoms with E-state index in [2.05, 4.69) is 38.4 Å². The lowest BCUT2D eigenvalue weighted by atomic mass is 10.1. The number of carbonyl (C=O) groups excluding carboxylic acids is 1. The molecule has 0 amide bonds. The van der Waals surface area contributed by atoms with E-state index < -0.39 is 0 Å². The van der Waals surface area contributed by atoms with Gasteiger partial charge in [0.2, 0.25) is 0 Å². The van der Waals surface area contributed by atoms with Gasteiger partial charge in [-0.25, -0.2) is 0 Å². The van der Waals surface area contributed by atoms with Crippen LogP contribution in [0.5, 0.6) is 5.75 Å². The van der Waals surface area contributed by atoms with Crippen LogP contribution in [-0.2, 0) is 0 Å². The van der Waals surface area contributed by atoms with E-state index in [0.29, 0.717) is 12.2 Å². The standard InChI is InChI=1S/C21H29NO2/c1-14(2)22-18(6)16(4)12-15(3)10-11-24-21-9-8-20(19(7)23)13-17(21)5/h8-9,12-14H,4,10-11H2,1-3,5-7H3/b15-12+,22-18?. The third kappa shape index (κ3) is 6.53. The van der Waals surface area contributed by atoms with E-state index in [1.807, 2.05) is 26.0 Å². The maximum atomic E-state index is 11.4. The fourth-order valence-electron chi connectivity index (χ4n) is 2.30. The number of aryl methyl sites for hydroxylation is 1. The summed E-state index contributed by atoms with van der Waals surface area (Å²) in [4.78, 5) is 15.9. The van der Waals surface area contributed by atoms with E-state index in [0.717, 1.165) is 29.0 Å². The zero-order valence-corrected chi connectivity index (χ0v) is 15.8. The van der Waals surface area contributed by atoms with Crippen molar-refractivity contribution in [3.8, 4) is 5.75 Å². The first-order valence-corrected chi connectivity index (χ1v) is 8.36. The first-order chi connectivity index (χ1) is 11.2. The van der Waals surface area contributed by atoms with Gasteiger partial charge in [0.15, 0.2) is 5.78 Å². The molecule has 0 fully saturated rings. The van der Waals surface area contributed by atoms with Crippen LogP contribution in [0, 0.1) is 6.92 Å². The number of ether oxygens (including phenoxy) is 1. The van der Waals surface area contributed by atoms with Gasteiger partial charge in [-0.2, -0.15) is 0 Å². The monoisotopic (exact) mass is 327 g/mol. The Labute approximate surface area is 146 Å². The molecule has 0 aliphatic rings. The molecule has 130 valence electrons. The second kappa shape index (κ2) is 9.21. The number of carbonyl (C=O) groups is 1. The fourth-order valence-corrected chi connectivity index (χ4v) is 2.30. The summed E-state index contributed by atoms with van der Waals surface area (Å²) >= 11 is 0. The molecule has 0 heterocycles. The molecule has 0 aliphatic carbocycles. The fraction of sp³-hybridized carbons (Fsp3) is 0.429. The molecular weight excluding hydrogens is 298 g/mol. The van der Waals surface area contributed by atoms with Gasteiger partial charge in [0, 0.05) is 23.7 Å². The quantitative estimate of drug-likeness (QED) is 0.367. The number of hydrogen-bond acceptors (Lipinski definition) is 3. The van der Waals surface area contributed by atoms with Crippen LogP contribution in [0.4, 0.5) is 0 Å². The zero-order valence-electron chi connectivity index (χ0n) is 15.8. The van der Waals surface area contributed by atoms with Gasteiger partial charge in [0.1, 0.15) is 5.75 Å². The highest BCUT2D eigenvalue weighted by molar-refractivity contribution is 6.00. The number of rotatable bonds is 8. The van der Waals surface area contributed by atoms with Crippen LogP contribution in [0.3, 0.4) is 0 Å². The SMILES string of the molecule is C=C(/C=C(\C)CCOc1ccc(C(C)=O)cc1C)C(C)=NC(C)C. The van der Waals surface area contributed by atoms with E-state index in [1.165, 1.54) is 5.57 Å². The van der Waals surface area contributed by atoms with Gasteiger partial charge in [-0.15, -0.1) is 0 Å². The zero-order chi connectivity index (χ0) is 18.3. The van der Waals surface area contributed by atoms with Gasteiger partial charge >= 0.3 is 0 Å². The van der Waals surface area contributed by atoms with Gasteiger partial charge < -0.3 is 4.74 Å². The smallest absolute Gasteiger partial charge is 0.159 e. The highest BCUT2D eigenvalue weighted by atomic mass is 16.5. The lowest BCUT2D eigenvalue weighted by Gasteiger charge is -2.11. The summed E-state index contributed by atoms with van der Waals surface area (Å²) in [6.07, 6.45) is 2.89. The number of allylic oxidation sites excluding steroid dienone is 2. The lowest BCUT2D eigenvalue weighted by molar-refractivity contribution is 0.101. The minimum Gasteiger partial charge on any atom is -0.493 e. The Morgan fingerprint density at radius 2 is 1.96 bits per heavy atom. The van der Waals surface area contributed by atoms with E-state index in [-0.39, 0.29) is 11.8 Å². The number of hydrogen-bond donors (Lipinski definition) is 0. The Kier molecular flexibility index (Phi) is 7.63. The highest BCUT2D eigenvalue weighted by Gasteiger charge is 2.05. The Balaban J connectivity index is 2.59. The molecule has 3 nitrogen and oxygen atoms in total. The van der Waals surface area contributed by atoms with E-state index in [9.17, 15) is 4.79 Å². The molecule has 0 aliphatic heterocycles. The van der Waals surface area contributed by atoms with Crippen LogP contribution in [0.15, 0.2) is 47.0 Å². The largest absolute Gasteiger partial charge is 0.493 e. The minimum absolute atomic E-state index is 0.0698. The van der Waals surface area contributed by atoms with Crippen LogP contribution in [-0.4, -0.2) is 24.1 Å². The van der Waals surface area contributed by atoms with Crippen molar-refractivity contribution in [1.29, 1.82) is 0 Å². The molecule has 0 unspecified atom stereocenters. The van der Waals surface area contributed by atoms with Crippen LogP contribution in [0.2, 0.25) is 0 Å². The molecule has 0 N–H and O–H groups in total. The van der Waals surface area contributed by atoms with Gasteiger partial charge in [0.05, 0.1) is 6.61 Å². The number of Topliss-reactive ketones (excluding diaryl/α,β-unsaturated/α-hetero) is 1. The first kappa shape index (κ1) is 19.9. The Morgan fingerprint density at radius 3 is 2.50 bits per heavy atom. The molecular formula is C21H29NO2. The van der Waals surface area contributed by atoms with Gasteiger partial charge in [0.25, 0.3) is 0 Å². The summed E-state index contributed by atoms with van der Waals surface area (Å²) in [6, 6.07) is 5.82. The molecule has 1 aromatic rings. The normalized spacial score (nSPS) is 12.5. The Bertz CT molecular complexity index is 666. The van der Waals surface area contributed by atoms with Gasteiger partial charge in [-0.3, -0.25) is 9.79 Å². The lowest BCUT2D eigenvalue weighted by Crippen LogP contribution is -2.03. The number of benzene rings is 1. The molecule has 24 heavy (non-hydrogen) atoms. The van der Waals surface area contributed by atoms with Crippen molar-refractivity contribution in [2.75, 3.05) is 6.61 Å². The number of ketones is 1. The van der Waals surface area contributed by atoms with Gasteiger partial charge in [-0.1, -0.05) is 18.2 Å². The maximum Gasteiger partial charge on any atom is 0.159 e. The highest BCUT2D eigenvalue weighted by Crippen LogP contribution is 2.20. The van der Waals surface area contributed by atoms with Crippen molar-refractivity contribution < 1.29 is 9.53 Å². The molecule has 0 saturated carbocycles. The molecule has 0 aromatic heterocycles. The minimum atomic E-state index is 0.0698. The van der Waals surface area contributed by atoms with Gasteiger partial charge in [-0.05, 0) is 70.9 Å². The predicted octanol–water partition coefficient (Wildman–Crippen LogP) is 5.34. The number of aliphatic imine (C=N–C) groups is 1. The third-order valence-corrected chi connectivity index (χ3v) is 3.67. The summed E-state index contributed by atoms with van der Waals surface area (Å²) < 4.78 is 5.84. The van der Waals surface area contributed by atoms with E-state index in [1.54, 1.807) is 13.0 Å². The summed E-state index contributed by atoms with van der Waals surface area (Å²) in [5, 5.41) is 0. The van der Waals surface area contributed by atoms with Crippen LogP contribution < -0.4 is 4.74 Å². The Morgan fingerprint density at radius 1 is 1.29 bits per heavy atom. The third-order valence-electron chi connectivity index (χ3n) is 3.67. The van der Waals surface area contributed by atoms with E-state index in [4.69, 9.17) is 4.74 Å². The molecule has 3 heteroatoms. The molecule has 0 spiro atoms. The second-order valence-electron chi connectivity index (χ2n) is 6.46. The van der Waals surface area contributed by atoms with Crippen molar-refractivity contribution >= 4 is 11.5 Å². The summed E-state index contributed by atoms with van der Waals surface area (Å²) in [5.74, 6) is 0.893. The molecule has 0 bridgehead atoms. The van der Waals surface area contributed by atoms with Crippen molar-refractivity contribution in [3.05, 3.63) is 53.1 Å². The van der Waals surface area contributed by atoms with Crippen molar-refractivity contribution in [1.82, 2.24) is 0 Å². The second-order valence-corrected chi connectivity index (χ2v) is 6.46. The predicted molar refractivity (Wildman–Crippen MR) is 102 cm³/mol.